The molecule has 2 aliphatic rings. The Morgan fingerprint density at radius 3 is 2.28 bits per heavy atom. The number of amides is 3. The van der Waals surface area contributed by atoms with E-state index in [-0.39, 0.29) is 11.9 Å². The standard InChI is InChI=1S/C20H29N3O2/c1-2-21-20(25)23-11-9-16(10-12-23)13-15-5-7-18(8-6-15)19(24)22-14-17-3-4-17/h5-8,16-17H,2-4,9-14H2,1H3,(H,21,25)(H,22,24). The summed E-state index contributed by atoms with van der Waals surface area (Å²) in [4.78, 5) is 25.8. The van der Waals surface area contributed by atoms with Gasteiger partial charge in [-0.3, -0.25) is 4.79 Å². The minimum Gasteiger partial charge on any atom is -0.352 e. The average Bonchev–Trinajstić information content (AvgIpc) is 3.45. The molecule has 25 heavy (non-hydrogen) atoms. The maximum Gasteiger partial charge on any atom is 0.317 e. The number of hydrogen-bond acceptors (Lipinski definition) is 2. The predicted octanol–water partition coefficient (Wildman–Crippen LogP) is 2.81. The van der Waals surface area contributed by atoms with Crippen molar-refractivity contribution in [2.45, 2.75) is 39.0 Å². The maximum atomic E-state index is 12.1. The van der Waals surface area contributed by atoms with Crippen molar-refractivity contribution in [3.63, 3.8) is 0 Å². The maximum absolute atomic E-state index is 12.1. The lowest BCUT2D eigenvalue weighted by Crippen LogP contribution is -2.44. The van der Waals surface area contributed by atoms with Gasteiger partial charge in [-0.15, -0.1) is 0 Å². The van der Waals surface area contributed by atoms with Crippen molar-refractivity contribution in [2.75, 3.05) is 26.2 Å². The number of carbonyl (C=O) groups is 2. The zero-order chi connectivity index (χ0) is 17.6. The van der Waals surface area contributed by atoms with Crippen LogP contribution in [0, 0.1) is 11.8 Å². The fourth-order valence-corrected chi connectivity index (χ4v) is 3.39. The van der Waals surface area contributed by atoms with Crippen LogP contribution in [0.25, 0.3) is 0 Å². The van der Waals surface area contributed by atoms with E-state index in [4.69, 9.17) is 0 Å². The van der Waals surface area contributed by atoms with Gasteiger partial charge in [0.2, 0.25) is 0 Å². The molecule has 1 aliphatic carbocycles. The third-order valence-corrected chi connectivity index (χ3v) is 5.22. The average molecular weight is 343 g/mol. The summed E-state index contributed by atoms with van der Waals surface area (Å²) in [6.07, 6.45) is 5.60. The Morgan fingerprint density at radius 2 is 1.68 bits per heavy atom. The van der Waals surface area contributed by atoms with Crippen LogP contribution in [-0.2, 0) is 6.42 Å². The molecule has 0 aromatic heterocycles. The molecule has 0 radical (unpaired) electrons. The number of nitrogens with zero attached hydrogens (tertiary/aromatic N) is 1. The van der Waals surface area contributed by atoms with Gasteiger partial charge in [0, 0.05) is 31.7 Å². The van der Waals surface area contributed by atoms with Crippen LogP contribution in [0.1, 0.15) is 48.5 Å². The third-order valence-electron chi connectivity index (χ3n) is 5.22. The quantitative estimate of drug-likeness (QED) is 0.834. The first-order chi connectivity index (χ1) is 12.2. The SMILES string of the molecule is CCNC(=O)N1CCC(Cc2ccc(C(=O)NCC3CC3)cc2)CC1. The van der Waals surface area contributed by atoms with Gasteiger partial charge in [0.05, 0.1) is 0 Å². The second kappa shape index (κ2) is 8.37. The molecule has 1 aromatic rings. The molecule has 3 amide bonds. The Labute approximate surface area is 150 Å². The van der Waals surface area contributed by atoms with E-state index in [1.54, 1.807) is 0 Å². The van der Waals surface area contributed by atoms with Gasteiger partial charge in [0.1, 0.15) is 0 Å². The van der Waals surface area contributed by atoms with Gasteiger partial charge in [-0.05, 0) is 68.6 Å². The van der Waals surface area contributed by atoms with Gasteiger partial charge in [-0.1, -0.05) is 12.1 Å². The Bertz CT molecular complexity index is 587. The second-order valence-electron chi connectivity index (χ2n) is 7.32. The fourth-order valence-electron chi connectivity index (χ4n) is 3.39. The van der Waals surface area contributed by atoms with E-state index in [1.165, 1.54) is 18.4 Å². The lowest BCUT2D eigenvalue weighted by molar-refractivity contribution is 0.0951. The molecule has 2 N–H and O–H groups in total. The highest BCUT2D eigenvalue weighted by atomic mass is 16.2. The molecule has 136 valence electrons. The van der Waals surface area contributed by atoms with E-state index in [0.29, 0.717) is 18.4 Å². The molecule has 5 heteroatoms. The normalized spacial score (nSPS) is 18.0. The Kier molecular flexibility index (Phi) is 5.95. The van der Waals surface area contributed by atoms with Crippen molar-refractivity contribution >= 4 is 11.9 Å². The van der Waals surface area contributed by atoms with Gasteiger partial charge < -0.3 is 15.5 Å². The lowest BCUT2D eigenvalue weighted by Gasteiger charge is -2.32. The van der Waals surface area contributed by atoms with Gasteiger partial charge >= 0.3 is 6.03 Å². The van der Waals surface area contributed by atoms with Crippen LogP contribution in [0.5, 0.6) is 0 Å². The zero-order valence-electron chi connectivity index (χ0n) is 15.1. The number of hydrogen-bond donors (Lipinski definition) is 2. The number of rotatable bonds is 6. The van der Waals surface area contributed by atoms with E-state index in [9.17, 15) is 9.59 Å². The first-order valence-corrected chi connectivity index (χ1v) is 9.55. The van der Waals surface area contributed by atoms with Crippen molar-refractivity contribution in [3.8, 4) is 0 Å². The molecule has 2 fully saturated rings. The fraction of sp³-hybridized carbons (Fsp3) is 0.600. The monoisotopic (exact) mass is 343 g/mol. The first-order valence-electron chi connectivity index (χ1n) is 9.55. The van der Waals surface area contributed by atoms with Gasteiger partial charge in [0.15, 0.2) is 0 Å². The lowest BCUT2D eigenvalue weighted by atomic mass is 9.90. The minimum absolute atomic E-state index is 0.0358. The number of piperidine rings is 1. The van der Waals surface area contributed by atoms with Crippen LogP contribution in [0.15, 0.2) is 24.3 Å². The van der Waals surface area contributed by atoms with Crippen molar-refractivity contribution in [3.05, 3.63) is 35.4 Å². The molecule has 0 bridgehead atoms. The summed E-state index contributed by atoms with van der Waals surface area (Å²) in [6.45, 7) is 5.10. The number of urea groups is 1. The molecular formula is C20H29N3O2. The Hall–Kier alpha value is -2.04. The number of carbonyl (C=O) groups excluding carboxylic acids is 2. The van der Waals surface area contributed by atoms with Crippen LogP contribution in [-0.4, -0.2) is 43.0 Å². The number of nitrogens with one attached hydrogen (secondary N) is 2. The summed E-state index contributed by atoms with van der Waals surface area (Å²) >= 11 is 0. The van der Waals surface area contributed by atoms with Gasteiger partial charge in [0.25, 0.3) is 5.91 Å². The van der Waals surface area contributed by atoms with Crippen molar-refractivity contribution in [2.24, 2.45) is 11.8 Å². The summed E-state index contributed by atoms with van der Waals surface area (Å²) < 4.78 is 0. The molecule has 1 heterocycles. The van der Waals surface area contributed by atoms with Crippen LogP contribution >= 0.6 is 0 Å². The number of likely N-dealkylation sites (tertiary alicyclic amines) is 1. The number of benzene rings is 1. The third kappa shape index (κ3) is 5.21. The second-order valence-corrected chi connectivity index (χ2v) is 7.32. The van der Waals surface area contributed by atoms with Gasteiger partial charge in [-0.25, -0.2) is 4.79 Å². The molecular weight excluding hydrogens is 314 g/mol. The van der Waals surface area contributed by atoms with Crippen LogP contribution in [0.3, 0.4) is 0 Å². The molecule has 1 aromatic carbocycles. The van der Waals surface area contributed by atoms with Gasteiger partial charge in [-0.2, -0.15) is 0 Å². The molecule has 1 saturated carbocycles. The summed E-state index contributed by atoms with van der Waals surface area (Å²) in [7, 11) is 0. The molecule has 0 spiro atoms. The highest BCUT2D eigenvalue weighted by Gasteiger charge is 2.23. The van der Waals surface area contributed by atoms with E-state index in [1.807, 2.05) is 24.0 Å². The van der Waals surface area contributed by atoms with Crippen LogP contribution < -0.4 is 10.6 Å². The summed E-state index contributed by atoms with van der Waals surface area (Å²) in [5.41, 5.74) is 2.02. The highest BCUT2D eigenvalue weighted by Crippen LogP contribution is 2.27. The zero-order valence-corrected chi connectivity index (χ0v) is 15.1. The Balaban J connectivity index is 1.44. The van der Waals surface area contributed by atoms with Crippen molar-refractivity contribution in [1.82, 2.24) is 15.5 Å². The summed E-state index contributed by atoms with van der Waals surface area (Å²) in [5.74, 6) is 1.35. The largest absolute Gasteiger partial charge is 0.352 e. The van der Waals surface area contributed by atoms with Crippen LogP contribution in [0.4, 0.5) is 4.79 Å². The van der Waals surface area contributed by atoms with E-state index in [0.717, 1.165) is 44.5 Å². The molecule has 0 atom stereocenters. The first kappa shape index (κ1) is 17.8. The molecule has 0 unspecified atom stereocenters. The van der Waals surface area contributed by atoms with E-state index >= 15 is 0 Å². The summed E-state index contributed by atoms with van der Waals surface area (Å²) in [5, 5.41) is 5.87. The molecule has 1 aliphatic heterocycles. The smallest absolute Gasteiger partial charge is 0.317 e. The Morgan fingerprint density at radius 1 is 1.00 bits per heavy atom. The molecule has 3 rings (SSSR count). The highest BCUT2D eigenvalue weighted by molar-refractivity contribution is 5.94. The van der Waals surface area contributed by atoms with E-state index in [2.05, 4.69) is 22.8 Å². The predicted molar refractivity (Wildman–Crippen MR) is 98.6 cm³/mol. The summed E-state index contributed by atoms with van der Waals surface area (Å²) in [6, 6.07) is 8.07. The van der Waals surface area contributed by atoms with E-state index < -0.39 is 0 Å². The molecule has 1 saturated heterocycles. The minimum atomic E-state index is 0.0358. The van der Waals surface area contributed by atoms with Crippen molar-refractivity contribution in [1.29, 1.82) is 0 Å². The van der Waals surface area contributed by atoms with Crippen molar-refractivity contribution < 1.29 is 9.59 Å². The topological polar surface area (TPSA) is 61.4 Å². The van der Waals surface area contributed by atoms with Crippen LogP contribution in [0.2, 0.25) is 0 Å². The molecule has 5 nitrogen and oxygen atoms in total.